The molecule has 2 rings (SSSR count). The van der Waals surface area contributed by atoms with Crippen LogP contribution >= 0.6 is 0 Å². The van der Waals surface area contributed by atoms with Gasteiger partial charge in [0.15, 0.2) is 0 Å². The van der Waals surface area contributed by atoms with Crippen molar-refractivity contribution in [1.29, 1.82) is 0 Å². The van der Waals surface area contributed by atoms with E-state index < -0.39 is 0 Å². The predicted molar refractivity (Wildman–Crippen MR) is 74.4 cm³/mol. The van der Waals surface area contributed by atoms with E-state index in [-0.39, 0.29) is 30.2 Å². The standard InChI is InChI=1S/C12H16BN3O3/c14-10-7-8(1-2-11(10)16-19)12(17)15-9-3-5-13(18)6-4-9/h1-2,7,9,18H,3-6,14H2,(H,15,17). The number of nitrogens with zero attached hydrogens (tertiary/aromatic N) is 1. The van der Waals surface area contributed by atoms with Gasteiger partial charge < -0.3 is 16.1 Å². The molecule has 0 aromatic heterocycles. The lowest BCUT2D eigenvalue weighted by Gasteiger charge is -2.24. The van der Waals surface area contributed by atoms with Gasteiger partial charge in [0.25, 0.3) is 12.8 Å². The zero-order valence-electron chi connectivity index (χ0n) is 10.5. The number of nitrogens with two attached hydrogens (primary N) is 1. The first-order chi connectivity index (χ1) is 9.10. The SMILES string of the molecule is Nc1cc(C(=O)NC2CCB(O)CC2)ccc1N=O. The highest BCUT2D eigenvalue weighted by atomic mass is 16.3. The van der Waals surface area contributed by atoms with E-state index in [9.17, 15) is 14.7 Å². The number of hydrogen-bond acceptors (Lipinski definition) is 5. The van der Waals surface area contributed by atoms with Crippen molar-refractivity contribution in [3.05, 3.63) is 28.7 Å². The lowest BCUT2D eigenvalue weighted by molar-refractivity contribution is 0.0933. The van der Waals surface area contributed by atoms with E-state index in [2.05, 4.69) is 10.5 Å². The fourth-order valence-electron chi connectivity index (χ4n) is 2.27. The number of anilines is 1. The fraction of sp³-hybridized carbons (Fsp3) is 0.417. The first-order valence-electron chi connectivity index (χ1n) is 6.32. The molecule has 1 aromatic rings. The second kappa shape index (κ2) is 5.84. The van der Waals surface area contributed by atoms with Gasteiger partial charge in [0.05, 0.1) is 5.69 Å². The lowest BCUT2D eigenvalue weighted by atomic mass is 9.55. The summed E-state index contributed by atoms with van der Waals surface area (Å²) in [5.74, 6) is -0.217. The van der Waals surface area contributed by atoms with Crippen LogP contribution in [0.2, 0.25) is 12.6 Å². The van der Waals surface area contributed by atoms with E-state index in [1.165, 1.54) is 18.2 Å². The van der Waals surface area contributed by atoms with Crippen LogP contribution in [0.1, 0.15) is 23.2 Å². The first kappa shape index (κ1) is 13.5. The van der Waals surface area contributed by atoms with E-state index in [0.29, 0.717) is 18.2 Å². The minimum absolute atomic E-state index is 0.0843. The molecule has 100 valence electrons. The maximum Gasteiger partial charge on any atom is 0.289 e. The van der Waals surface area contributed by atoms with Gasteiger partial charge in [0.2, 0.25) is 0 Å². The molecule has 0 spiro atoms. The van der Waals surface area contributed by atoms with Crippen molar-refractivity contribution in [1.82, 2.24) is 5.32 Å². The smallest absolute Gasteiger partial charge is 0.289 e. The maximum atomic E-state index is 12.0. The number of nitroso groups, excluding NO2 is 1. The highest BCUT2D eigenvalue weighted by molar-refractivity contribution is 6.50. The molecule has 0 aliphatic carbocycles. The van der Waals surface area contributed by atoms with Crippen LogP contribution < -0.4 is 11.1 Å². The zero-order valence-corrected chi connectivity index (χ0v) is 10.5. The van der Waals surface area contributed by atoms with Crippen LogP contribution in [0.4, 0.5) is 11.4 Å². The molecule has 6 nitrogen and oxygen atoms in total. The van der Waals surface area contributed by atoms with Crippen molar-refractivity contribution in [3.63, 3.8) is 0 Å². The Morgan fingerprint density at radius 2 is 2.11 bits per heavy atom. The van der Waals surface area contributed by atoms with E-state index in [1.54, 1.807) is 0 Å². The molecule has 1 aliphatic heterocycles. The number of nitrogen functional groups attached to an aromatic ring is 1. The normalized spacial score (nSPS) is 16.2. The number of rotatable bonds is 3. The molecule has 0 radical (unpaired) electrons. The van der Waals surface area contributed by atoms with Crippen molar-refractivity contribution < 1.29 is 9.82 Å². The van der Waals surface area contributed by atoms with Gasteiger partial charge in [-0.25, -0.2) is 0 Å². The molecule has 1 aliphatic rings. The molecule has 1 amide bonds. The van der Waals surface area contributed by atoms with Crippen molar-refractivity contribution in [3.8, 4) is 0 Å². The number of amides is 1. The predicted octanol–water partition coefficient (Wildman–Crippen LogP) is 1.54. The molecule has 0 unspecified atom stereocenters. The highest BCUT2D eigenvalue weighted by Gasteiger charge is 2.24. The summed E-state index contributed by atoms with van der Waals surface area (Å²) in [7, 11) is 0. The van der Waals surface area contributed by atoms with Gasteiger partial charge in [-0.2, -0.15) is 0 Å². The molecule has 19 heavy (non-hydrogen) atoms. The number of nitrogens with one attached hydrogen (secondary N) is 1. The Labute approximate surface area is 111 Å². The molecular formula is C12H16BN3O3. The third-order valence-corrected chi connectivity index (χ3v) is 3.42. The summed E-state index contributed by atoms with van der Waals surface area (Å²) in [6, 6.07) is 4.49. The van der Waals surface area contributed by atoms with E-state index >= 15 is 0 Å². The minimum Gasteiger partial charge on any atom is -0.450 e. The monoisotopic (exact) mass is 261 g/mol. The number of carbonyl (C=O) groups excluding carboxylic acids is 1. The van der Waals surface area contributed by atoms with Crippen LogP contribution in [0.15, 0.2) is 23.4 Å². The van der Waals surface area contributed by atoms with Gasteiger partial charge in [-0.15, -0.1) is 4.91 Å². The van der Waals surface area contributed by atoms with Crippen molar-refractivity contribution in [2.45, 2.75) is 31.5 Å². The maximum absolute atomic E-state index is 12.0. The average molecular weight is 261 g/mol. The van der Waals surface area contributed by atoms with Crippen molar-refractivity contribution >= 4 is 24.2 Å². The van der Waals surface area contributed by atoms with E-state index in [0.717, 1.165) is 12.8 Å². The molecule has 1 aromatic carbocycles. The van der Waals surface area contributed by atoms with Crippen molar-refractivity contribution in [2.75, 3.05) is 5.73 Å². The molecule has 0 saturated carbocycles. The molecule has 1 saturated heterocycles. The van der Waals surface area contributed by atoms with Gasteiger partial charge in [-0.1, -0.05) is 0 Å². The van der Waals surface area contributed by atoms with Gasteiger partial charge in [-0.3, -0.25) is 4.79 Å². The number of hydrogen-bond donors (Lipinski definition) is 3. The van der Waals surface area contributed by atoms with Crippen LogP contribution in [0, 0.1) is 4.91 Å². The Morgan fingerprint density at radius 1 is 1.42 bits per heavy atom. The third-order valence-electron chi connectivity index (χ3n) is 3.42. The summed E-state index contributed by atoms with van der Waals surface area (Å²) >= 11 is 0. The molecule has 0 bridgehead atoms. The number of carbonyl (C=O) groups is 1. The van der Waals surface area contributed by atoms with Crippen LogP contribution in [0.3, 0.4) is 0 Å². The van der Waals surface area contributed by atoms with Gasteiger partial charge in [0.1, 0.15) is 5.69 Å². The second-order valence-corrected chi connectivity index (χ2v) is 4.84. The third kappa shape index (κ3) is 3.32. The summed E-state index contributed by atoms with van der Waals surface area (Å²) in [5, 5.41) is 15.1. The summed E-state index contributed by atoms with van der Waals surface area (Å²) in [4.78, 5) is 22.4. The fourth-order valence-corrected chi connectivity index (χ4v) is 2.27. The summed E-state index contributed by atoms with van der Waals surface area (Å²) in [6.45, 7) is -0.248. The van der Waals surface area contributed by atoms with E-state index in [1.807, 2.05) is 0 Å². The molecule has 1 heterocycles. The summed E-state index contributed by atoms with van der Waals surface area (Å²) in [6.07, 6.45) is 2.97. The molecule has 1 fully saturated rings. The Hall–Kier alpha value is -1.89. The van der Waals surface area contributed by atoms with Gasteiger partial charge in [-0.05, 0) is 48.9 Å². The molecule has 7 heteroatoms. The number of benzene rings is 1. The van der Waals surface area contributed by atoms with Crippen LogP contribution in [-0.4, -0.2) is 23.9 Å². The van der Waals surface area contributed by atoms with E-state index in [4.69, 9.17) is 5.73 Å². The van der Waals surface area contributed by atoms with Crippen LogP contribution in [0.5, 0.6) is 0 Å². The highest BCUT2D eigenvalue weighted by Crippen LogP contribution is 2.23. The molecule has 0 atom stereocenters. The second-order valence-electron chi connectivity index (χ2n) is 4.84. The zero-order chi connectivity index (χ0) is 13.8. The Balaban J connectivity index is 2.00. The largest absolute Gasteiger partial charge is 0.450 e. The van der Waals surface area contributed by atoms with Gasteiger partial charge >= 0.3 is 0 Å². The average Bonchev–Trinajstić information content (AvgIpc) is 2.41. The molecular weight excluding hydrogens is 245 g/mol. The lowest BCUT2D eigenvalue weighted by Crippen LogP contribution is -2.39. The summed E-state index contributed by atoms with van der Waals surface area (Å²) in [5.41, 5.74) is 6.36. The van der Waals surface area contributed by atoms with Gasteiger partial charge in [0, 0.05) is 11.6 Å². The Bertz CT molecular complexity index is 487. The first-order valence-corrected chi connectivity index (χ1v) is 6.32. The Morgan fingerprint density at radius 3 is 2.68 bits per heavy atom. The quantitative estimate of drug-likeness (QED) is 0.436. The Kier molecular flexibility index (Phi) is 4.16. The van der Waals surface area contributed by atoms with Crippen LogP contribution in [0.25, 0.3) is 0 Å². The summed E-state index contributed by atoms with van der Waals surface area (Å²) < 4.78 is 0. The molecule has 4 N–H and O–H groups in total. The topological polar surface area (TPSA) is 105 Å². The van der Waals surface area contributed by atoms with Crippen molar-refractivity contribution in [2.24, 2.45) is 5.18 Å². The van der Waals surface area contributed by atoms with Crippen LogP contribution in [-0.2, 0) is 0 Å². The minimum atomic E-state index is -0.248.